The fourth-order valence-electron chi connectivity index (χ4n) is 3.29. The zero-order valence-electron chi connectivity index (χ0n) is 12.9. The highest BCUT2D eigenvalue weighted by Crippen LogP contribution is 2.38. The second kappa shape index (κ2) is 5.09. The molecule has 1 heterocycles. The molecule has 4 heteroatoms. The van der Waals surface area contributed by atoms with Crippen LogP contribution in [0.4, 0.5) is 5.69 Å². The van der Waals surface area contributed by atoms with Gasteiger partial charge in [0, 0.05) is 23.7 Å². The average Bonchev–Trinajstić information content (AvgIpc) is 2.96. The monoisotopic (exact) mass is 303 g/mol. The predicted molar refractivity (Wildman–Crippen MR) is 90.8 cm³/mol. The van der Waals surface area contributed by atoms with Crippen molar-refractivity contribution < 1.29 is 4.79 Å². The molecular weight excluding hydrogens is 286 g/mol. The van der Waals surface area contributed by atoms with Gasteiger partial charge in [-0.05, 0) is 42.7 Å². The molecular formula is C19H17N3O. The third-order valence-electron chi connectivity index (χ3n) is 4.35. The topological polar surface area (TPSA) is 60.9 Å². The van der Waals surface area contributed by atoms with Gasteiger partial charge in [0.05, 0.1) is 11.4 Å². The Balaban J connectivity index is 2.05. The predicted octanol–water partition coefficient (Wildman–Crippen LogP) is 3.42. The molecule has 0 bridgehead atoms. The van der Waals surface area contributed by atoms with Gasteiger partial charge in [-0.2, -0.15) is 5.10 Å². The molecule has 1 aliphatic carbocycles. The molecule has 0 saturated heterocycles. The van der Waals surface area contributed by atoms with E-state index in [-0.39, 0.29) is 5.78 Å². The summed E-state index contributed by atoms with van der Waals surface area (Å²) in [4.78, 5) is 12.0. The molecule has 0 atom stereocenters. The highest BCUT2D eigenvalue weighted by Gasteiger charge is 2.27. The van der Waals surface area contributed by atoms with Crippen molar-refractivity contribution in [3.05, 3.63) is 65.4 Å². The van der Waals surface area contributed by atoms with Crippen LogP contribution in [0.25, 0.3) is 16.9 Å². The molecule has 2 N–H and O–H groups in total. The van der Waals surface area contributed by atoms with E-state index >= 15 is 0 Å². The van der Waals surface area contributed by atoms with E-state index < -0.39 is 0 Å². The number of rotatable bonds is 2. The maximum Gasteiger partial charge on any atom is 0.180 e. The van der Waals surface area contributed by atoms with Crippen molar-refractivity contribution in [1.82, 2.24) is 9.78 Å². The van der Waals surface area contributed by atoms with E-state index in [1.165, 1.54) is 5.56 Å². The normalized spacial score (nSPS) is 12.6. The van der Waals surface area contributed by atoms with Crippen molar-refractivity contribution in [3.8, 4) is 16.9 Å². The lowest BCUT2D eigenvalue weighted by atomic mass is 9.88. The minimum atomic E-state index is 0.00304. The van der Waals surface area contributed by atoms with Crippen molar-refractivity contribution >= 4 is 11.5 Å². The second-order valence-corrected chi connectivity index (χ2v) is 5.90. The summed E-state index contributed by atoms with van der Waals surface area (Å²) in [5.41, 5.74) is 12.6. The van der Waals surface area contributed by atoms with E-state index in [1.54, 1.807) is 6.92 Å². The van der Waals surface area contributed by atoms with Gasteiger partial charge in [-0.1, -0.05) is 24.3 Å². The number of para-hydroxylation sites is 1. The van der Waals surface area contributed by atoms with Crippen molar-refractivity contribution in [2.45, 2.75) is 19.8 Å². The van der Waals surface area contributed by atoms with Gasteiger partial charge >= 0.3 is 0 Å². The van der Waals surface area contributed by atoms with Crippen LogP contribution in [0.15, 0.2) is 48.5 Å². The Morgan fingerprint density at radius 2 is 1.91 bits per heavy atom. The zero-order valence-corrected chi connectivity index (χ0v) is 12.9. The number of nitrogens with zero attached hydrogens (tertiary/aromatic N) is 2. The Bertz CT molecular complexity index is 910. The van der Waals surface area contributed by atoms with Crippen molar-refractivity contribution in [2.75, 3.05) is 5.73 Å². The largest absolute Gasteiger partial charge is 0.399 e. The summed E-state index contributed by atoms with van der Waals surface area (Å²) in [5.74, 6) is 0.00304. The van der Waals surface area contributed by atoms with Crippen molar-refractivity contribution in [3.63, 3.8) is 0 Å². The molecule has 4 rings (SSSR count). The fraction of sp³-hybridized carbons (Fsp3) is 0.158. The Morgan fingerprint density at radius 1 is 1.13 bits per heavy atom. The van der Waals surface area contributed by atoms with E-state index in [2.05, 4.69) is 11.2 Å². The number of ketones is 1. The first-order valence-corrected chi connectivity index (χ1v) is 7.72. The molecule has 23 heavy (non-hydrogen) atoms. The molecule has 0 fully saturated rings. The van der Waals surface area contributed by atoms with Crippen LogP contribution in [0.5, 0.6) is 0 Å². The number of anilines is 1. The van der Waals surface area contributed by atoms with Gasteiger partial charge in [0.25, 0.3) is 0 Å². The second-order valence-electron chi connectivity index (χ2n) is 5.90. The Labute approximate surface area is 134 Å². The summed E-state index contributed by atoms with van der Waals surface area (Å²) >= 11 is 0. The van der Waals surface area contributed by atoms with Crippen molar-refractivity contribution in [1.29, 1.82) is 0 Å². The first kappa shape index (κ1) is 13.8. The quantitative estimate of drug-likeness (QED) is 0.583. The number of hydrogen-bond acceptors (Lipinski definition) is 3. The van der Waals surface area contributed by atoms with E-state index in [4.69, 9.17) is 5.73 Å². The van der Waals surface area contributed by atoms with Crippen LogP contribution in [-0.2, 0) is 12.8 Å². The van der Waals surface area contributed by atoms with Crippen LogP contribution >= 0.6 is 0 Å². The minimum Gasteiger partial charge on any atom is -0.399 e. The lowest BCUT2D eigenvalue weighted by molar-refractivity contribution is 0.101. The number of benzene rings is 2. The molecule has 0 saturated carbocycles. The molecule has 1 aromatic heterocycles. The summed E-state index contributed by atoms with van der Waals surface area (Å²) in [7, 11) is 0. The van der Waals surface area contributed by atoms with Crippen LogP contribution in [0, 0.1) is 0 Å². The van der Waals surface area contributed by atoms with Gasteiger partial charge in [0.1, 0.15) is 5.69 Å². The number of hydrogen-bond donors (Lipinski definition) is 1. The molecule has 0 aliphatic heterocycles. The van der Waals surface area contributed by atoms with Gasteiger partial charge in [-0.25, -0.2) is 4.68 Å². The van der Waals surface area contributed by atoms with Gasteiger partial charge < -0.3 is 5.73 Å². The maximum absolute atomic E-state index is 12.0. The summed E-state index contributed by atoms with van der Waals surface area (Å²) in [6, 6.07) is 15.9. The molecule has 0 amide bonds. The number of fused-ring (bicyclic) bond motifs is 3. The Morgan fingerprint density at radius 3 is 2.65 bits per heavy atom. The number of nitrogen functional groups attached to an aromatic ring is 1. The standard InChI is InChI=1S/C19H17N3O/c1-12(23)18-16-10-8-13-7-9-14(20)11-17(13)19(16)22(21-18)15-5-3-2-4-6-15/h2-7,9,11H,8,10,20H2,1H3. The molecule has 3 aromatic rings. The first-order chi connectivity index (χ1) is 11.1. The van der Waals surface area contributed by atoms with E-state index in [0.717, 1.165) is 41.0 Å². The summed E-state index contributed by atoms with van der Waals surface area (Å²) in [6.45, 7) is 1.58. The van der Waals surface area contributed by atoms with Crippen LogP contribution in [0.1, 0.15) is 28.5 Å². The molecule has 2 aromatic carbocycles. The molecule has 0 unspecified atom stereocenters. The molecule has 1 aliphatic rings. The lowest BCUT2D eigenvalue weighted by Crippen LogP contribution is -2.08. The van der Waals surface area contributed by atoms with Crippen LogP contribution in [-0.4, -0.2) is 15.6 Å². The number of Topliss-reactive ketones (excluding diaryl/α,β-unsaturated/α-hetero) is 1. The van der Waals surface area contributed by atoms with Gasteiger partial charge in [0.15, 0.2) is 5.78 Å². The third kappa shape index (κ3) is 2.14. The van der Waals surface area contributed by atoms with Crippen LogP contribution in [0.2, 0.25) is 0 Å². The highest BCUT2D eigenvalue weighted by atomic mass is 16.1. The van der Waals surface area contributed by atoms with E-state index in [1.807, 2.05) is 47.1 Å². The molecule has 4 nitrogen and oxygen atoms in total. The van der Waals surface area contributed by atoms with E-state index in [0.29, 0.717) is 5.69 Å². The summed E-state index contributed by atoms with van der Waals surface area (Å²) < 4.78 is 1.88. The number of aromatic nitrogens is 2. The average molecular weight is 303 g/mol. The summed E-state index contributed by atoms with van der Waals surface area (Å²) in [6.07, 6.45) is 1.73. The SMILES string of the molecule is CC(=O)c1nn(-c2ccccc2)c2c1CCc1ccc(N)cc1-2. The van der Waals surface area contributed by atoms with Crippen LogP contribution in [0.3, 0.4) is 0 Å². The van der Waals surface area contributed by atoms with Crippen molar-refractivity contribution in [2.24, 2.45) is 0 Å². The number of carbonyl (C=O) groups is 1. The maximum atomic E-state index is 12.0. The lowest BCUT2D eigenvalue weighted by Gasteiger charge is -2.19. The third-order valence-corrected chi connectivity index (χ3v) is 4.35. The fourth-order valence-corrected chi connectivity index (χ4v) is 3.29. The number of nitrogens with two attached hydrogens (primary N) is 1. The smallest absolute Gasteiger partial charge is 0.180 e. The van der Waals surface area contributed by atoms with Crippen LogP contribution < -0.4 is 5.73 Å². The first-order valence-electron chi connectivity index (χ1n) is 7.72. The Hall–Kier alpha value is -2.88. The summed E-state index contributed by atoms with van der Waals surface area (Å²) in [5, 5.41) is 4.62. The molecule has 114 valence electrons. The number of aryl methyl sites for hydroxylation is 1. The molecule has 0 radical (unpaired) electrons. The van der Waals surface area contributed by atoms with Gasteiger partial charge in [-0.3, -0.25) is 4.79 Å². The van der Waals surface area contributed by atoms with Gasteiger partial charge in [-0.15, -0.1) is 0 Å². The zero-order chi connectivity index (χ0) is 16.0. The number of carbonyl (C=O) groups excluding carboxylic acids is 1. The minimum absolute atomic E-state index is 0.00304. The van der Waals surface area contributed by atoms with E-state index in [9.17, 15) is 4.79 Å². The highest BCUT2D eigenvalue weighted by molar-refractivity contribution is 5.96. The van der Waals surface area contributed by atoms with Gasteiger partial charge in [0.2, 0.25) is 0 Å². The molecule has 0 spiro atoms. The Kier molecular flexibility index (Phi) is 3.05.